The van der Waals surface area contributed by atoms with Gasteiger partial charge in [-0.3, -0.25) is 15.2 Å². The summed E-state index contributed by atoms with van der Waals surface area (Å²) in [5.41, 5.74) is 3.97. The van der Waals surface area contributed by atoms with E-state index in [4.69, 9.17) is 0 Å². The van der Waals surface area contributed by atoms with Crippen LogP contribution in [0.5, 0.6) is 0 Å². The maximum atomic E-state index is 11.0. The number of H-pyrrole nitrogens is 1. The van der Waals surface area contributed by atoms with Crippen LogP contribution in [0.4, 0.5) is 5.69 Å². The molecule has 0 saturated carbocycles. The molecule has 0 spiro atoms. The van der Waals surface area contributed by atoms with Gasteiger partial charge in [-0.15, -0.1) is 10.2 Å². The molecule has 5 rings (SSSR count). The standard InChI is InChI=1S/C19H13N7O2S/c1-11-9-13(7-8-16(11)26(27)28)18-24-25-17(22-23-19(25)29-18)15-10-14(20-21-15)12-5-3-2-4-6-12/h2-10H,1H3,(H,20,21). The summed E-state index contributed by atoms with van der Waals surface area (Å²) in [4.78, 5) is 11.3. The molecule has 0 fully saturated rings. The van der Waals surface area contributed by atoms with Crippen LogP contribution in [0.3, 0.4) is 0 Å². The van der Waals surface area contributed by atoms with Gasteiger partial charge in [0.15, 0.2) is 0 Å². The van der Waals surface area contributed by atoms with Crippen LogP contribution in [-0.2, 0) is 0 Å². The number of nitrogens with zero attached hydrogens (tertiary/aromatic N) is 6. The Hall–Kier alpha value is -3.92. The molecule has 0 radical (unpaired) electrons. The van der Waals surface area contributed by atoms with Crippen LogP contribution < -0.4 is 0 Å². The van der Waals surface area contributed by atoms with Crippen LogP contribution >= 0.6 is 11.3 Å². The highest BCUT2D eigenvalue weighted by molar-refractivity contribution is 7.19. The lowest BCUT2D eigenvalue weighted by atomic mass is 10.1. The molecule has 3 aromatic heterocycles. The molecule has 10 heteroatoms. The van der Waals surface area contributed by atoms with E-state index < -0.39 is 4.92 Å². The number of aromatic nitrogens is 6. The van der Waals surface area contributed by atoms with Crippen LogP contribution in [0.25, 0.3) is 38.3 Å². The van der Waals surface area contributed by atoms with E-state index in [2.05, 4.69) is 25.5 Å². The van der Waals surface area contributed by atoms with E-state index in [-0.39, 0.29) is 5.69 Å². The molecule has 142 valence electrons. The molecule has 0 bridgehead atoms. The van der Waals surface area contributed by atoms with E-state index in [0.717, 1.165) is 16.8 Å². The normalized spacial score (nSPS) is 11.2. The fraction of sp³-hybridized carbons (Fsp3) is 0.0526. The van der Waals surface area contributed by atoms with Crippen LogP contribution in [0.2, 0.25) is 0 Å². The quantitative estimate of drug-likeness (QED) is 0.356. The Morgan fingerprint density at radius 2 is 1.90 bits per heavy atom. The van der Waals surface area contributed by atoms with Crippen molar-refractivity contribution >= 4 is 22.0 Å². The van der Waals surface area contributed by atoms with Crippen molar-refractivity contribution < 1.29 is 4.92 Å². The second-order valence-corrected chi connectivity index (χ2v) is 7.37. The van der Waals surface area contributed by atoms with Crippen molar-refractivity contribution in [2.75, 3.05) is 0 Å². The SMILES string of the molecule is Cc1cc(-c2nn3c(-c4cc(-c5ccccc5)n[nH]4)nnc3s2)ccc1[N+](=O)[O-]. The summed E-state index contributed by atoms with van der Waals surface area (Å²) in [6.45, 7) is 1.71. The van der Waals surface area contributed by atoms with Crippen molar-refractivity contribution in [1.29, 1.82) is 0 Å². The van der Waals surface area contributed by atoms with Gasteiger partial charge in [-0.1, -0.05) is 41.7 Å². The van der Waals surface area contributed by atoms with E-state index in [0.29, 0.717) is 27.1 Å². The number of hydrogen-bond donors (Lipinski definition) is 1. The molecule has 3 heterocycles. The first-order chi connectivity index (χ1) is 14.1. The topological polar surface area (TPSA) is 115 Å². The largest absolute Gasteiger partial charge is 0.274 e. The van der Waals surface area contributed by atoms with Crippen molar-refractivity contribution in [3.05, 3.63) is 70.3 Å². The number of nitro benzene ring substituents is 1. The Bertz CT molecular complexity index is 1350. The molecule has 2 aromatic carbocycles. The number of aromatic amines is 1. The number of benzene rings is 2. The van der Waals surface area contributed by atoms with Crippen molar-refractivity contribution in [3.63, 3.8) is 0 Å². The summed E-state index contributed by atoms with van der Waals surface area (Å²) in [6.07, 6.45) is 0. The first-order valence-electron chi connectivity index (χ1n) is 8.69. The molecule has 1 N–H and O–H groups in total. The van der Waals surface area contributed by atoms with E-state index in [9.17, 15) is 10.1 Å². The van der Waals surface area contributed by atoms with Gasteiger partial charge in [0.2, 0.25) is 10.8 Å². The molecular weight excluding hydrogens is 390 g/mol. The summed E-state index contributed by atoms with van der Waals surface area (Å²) in [5, 5.41) is 32.1. The third-order valence-corrected chi connectivity index (χ3v) is 5.47. The Kier molecular flexibility index (Phi) is 3.91. The maximum Gasteiger partial charge on any atom is 0.272 e. The van der Waals surface area contributed by atoms with Crippen molar-refractivity contribution in [3.8, 4) is 33.3 Å². The van der Waals surface area contributed by atoms with Gasteiger partial charge in [-0.05, 0) is 25.1 Å². The van der Waals surface area contributed by atoms with Gasteiger partial charge >= 0.3 is 0 Å². The van der Waals surface area contributed by atoms with Crippen LogP contribution in [0.15, 0.2) is 54.6 Å². The van der Waals surface area contributed by atoms with Crippen LogP contribution in [0.1, 0.15) is 5.56 Å². The minimum atomic E-state index is -0.391. The van der Waals surface area contributed by atoms with Gasteiger partial charge in [0, 0.05) is 22.8 Å². The van der Waals surface area contributed by atoms with Gasteiger partial charge in [-0.25, -0.2) is 0 Å². The molecule has 0 saturated heterocycles. The van der Waals surface area contributed by atoms with Crippen LogP contribution in [-0.4, -0.2) is 34.9 Å². The van der Waals surface area contributed by atoms with E-state index in [1.165, 1.54) is 17.4 Å². The summed E-state index contributed by atoms with van der Waals surface area (Å²) < 4.78 is 1.65. The molecule has 0 amide bonds. The maximum absolute atomic E-state index is 11.0. The lowest BCUT2D eigenvalue weighted by molar-refractivity contribution is -0.385. The number of rotatable bonds is 4. The molecule has 0 unspecified atom stereocenters. The lowest BCUT2D eigenvalue weighted by Gasteiger charge is -1.99. The molecule has 5 aromatic rings. The van der Waals surface area contributed by atoms with Gasteiger partial charge in [0.1, 0.15) is 10.7 Å². The van der Waals surface area contributed by atoms with Gasteiger partial charge in [0.05, 0.1) is 10.6 Å². The molecule has 9 nitrogen and oxygen atoms in total. The highest BCUT2D eigenvalue weighted by Crippen LogP contribution is 2.31. The lowest BCUT2D eigenvalue weighted by Crippen LogP contribution is -1.93. The highest BCUT2D eigenvalue weighted by Gasteiger charge is 2.18. The predicted molar refractivity (Wildman–Crippen MR) is 109 cm³/mol. The number of nitro groups is 1. The third-order valence-electron chi connectivity index (χ3n) is 4.52. The number of nitrogens with one attached hydrogen (secondary N) is 1. The van der Waals surface area contributed by atoms with E-state index in [1.807, 2.05) is 36.4 Å². The fourth-order valence-electron chi connectivity index (χ4n) is 3.09. The van der Waals surface area contributed by atoms with Crippen molar-refractivity contribution in [1.82, 2.24) is 30.0 Å². The Balaban J connectivity index is 1.53. The molecule has 0 aliphatic heterocycles. The third kappa shape index (κ3) is 2.95. The average molecular weight is 403 g/mol. The van der Waals surface area contributed by atoms with Gasteiger partial charge in [0.25, 0.3) is 5.69 Å². The number of hydrogen-bond acceptors (Lipinski definition) is 7. The Morgan fingerprint density at radius 1 is 1.07 bits per heavy atom. The van der Waals surface area contributed by atoms with Gasteiger partial charge in [-0.2, -0.15) is 14.7 Å². The van der Waals surface area contributed by atoms with Crippen molar-refractivity contribution in [2.45, 2.75) is 6.92 Å². The summed E-state index contributed by atoms with van der Waals surface area (Å²) >= 11 is 1.37. The zero-order chi connectivity index (χ0) is 20.0. The monoisotopic (exact) mass is 403 g/mol. The Morgan fingerprint density at radius 3 is 2.66 bits per heavy atom. The van der Waals surface area contributed by atoms with Gasteiger partial charge < -0.3 is 0 Å². The Labute approximate surface area is 167 Å². The average Bonchev–Trinajstić information content (AvgIpc) is 3.44. The van der Waals surface area contributed by atoms with Crippen LogP contribution in [0, 0.1) is 17.0 Å². The minimum absolute atomic E-state index is 0.0864. The first-order valence-corrected chi connectivity index (χ1v) is 9.50. The predicted octanol–water partition coefficient (Wildman–Crippen LogP) is 4.13. The summed E-state index contributed by atoms with van der Waals surface area (Å²) in [6, 6.07) is 16.7. The summed E-state index contributed by atoms with van der Waals surface area (Å²) in [5.74, 6) is 0.552. The van der Waals surface area contributed by atoms with E-state index >= 15 is 0 Å². The molecule has 29 heavy (non-hydrogen) atoms. The molecule has 0 atom stereocenters. The second-order valence-electron chi connectivity index (χ2n) is 6.42. The zero-order valence-electron chi connectivity index (χ0n) is 15.1. The van der Waals surface area contributed by atoms with Crippen molar-refractivity contribution in [2.24, 2.45) is 0 Å². The molecular formula is C19H13N7O2S. The smallest absolute Gasteiger partial charge is 0.272 e. The zero-order valence-corrected chi connectivity index (χ0v) is 15.9. The molecule has 0 aliphatic rings. The highest BCUT2D eigenvalue weighted by atomic mass is 32.1. The van der Waals surface area contributed by atoms with E-state index in [1.54, 1.807) is 23.6 Å². The molecule has 0 aliphatic carbocycles. The fourth-order valence-corrected chi connectivity index (χ4v) is 3.92. The first kappa shape index (κ1) is 17.2. The number of fused-ring (bicyclic) bond motifs is 1. The summed E-state index contributed by atoms with van der Waals surface area (Å²) in [7, 11) is 0. The second kappa shape index (κ2) is 6.60. The minimum Gasteiger partial charge on any atom is -0.274 e. The number of aryl methyl sites for hydroxylation is 1.